The fourth-order valence-corrected chi connectivity index (χ4v) is 1.97. The molecule has 0 fully saturated rings. The van der Waals surface area contributed by atoms with Gasteiger partial charge in [-0.15, -0.1) is 0 Å². The van der Waals surface area contributed by atoms with Gasteiger partial charge in [-0.2, -0.15) is 0 Å². The average molecular weight is 319 g/mol. The van der Waals surface area contributed by atoms with Crippen molar-refractivity contribution >= 4 is 17.5 Å². The first-order chi connectivity index (χ1) is 11.1. The van der Waals surface area contributed by atoms with E-state index in [0.29, 0.717) is 12.1 Å². The van der Waals surface area contributed by atoms with Gasteiger partial charge in [-0.1, -0.05) is 30.6 Å². The summed E-state index contributed by atoms with van der Waals surface area (Å²) in [7, 11) is 0. The summed E-state index contributed by atoms with van der Waals surface area (Å²) in [4.78, 5) is 26.2. The third-order valence-corrected chi connectivity index (χ3v) is 3.12. The lowest BCUT2D eigenvalue weighted by atomic mass is 10.1. The highest BCUT2D eigenvalue weighted by Crippen LogP contribution is 2.09. The van der Waals surface area contributed by atoms with Crippen LogP contribution >= 0.6 is 0 Å². The third-order valence-electron chi connectivity index (χ3n) is 3.12. The van der Waals surface area contributed by atoms with Crippen molar-refractivity contribution in [2.45, 2.75) is 38.8 Å². The number of rotatable bonds is 9. The van der Waals surface area contributed by atoms with Crippen LogP contribution in [0.3, 0.4) is 0 Å². The van der Waals surface area contributed by atoms with Crippen molar-refractivity contribution in [1.82, 2.24) is 5.32 Å². The molecule has 23 heavy (non-hydrogen) atoms. The van der Waals surface area contributed by atoms with Crippen molar-refractivity contribution in [3.05, 3.63) is 40.3 Å². The SMILES string of the molecule is CCCC(CC(=O)NCC(=O)Nc1ccc(CO)cc1)N=[N+]=[N-]. The Labute approximate surface area is 134 Å². The zero-order chi connectivity index (χ0) is 17.1. The minimum absolute atomic E-state index is 0.0611. The van der Waals surface area contributed by atoms with Crippen molar-refractivity contribution in [2.24, 2.45) is 5.11 Å². The van der Waals surface area contributed by atoms with E-state index in [0.717, 1.165) is 12.0 Å². The van der Waals surface area contributed by atoms with Crippen LogP contribution in [0.25, 0.3) is 10.4 Å². The molecule has 1 rings (SSSR count). The third kappa shape index (κ3) is 7.30. The number of amides is 2. The van der Waals surface area contributed by atoms with Gasteiger partial charge >= 0.3 is 0 Å². The maximum Gasteiger partial charge on any atom is 0.243 e. The monoisotopic (exact) mass is 319 g/mol. The molecule has 1 aromatic carbocycles. The molecule has 2 amide bonds. The second-order valence-electron chi connectivity index (χ2n) is 5.03. The van der Waals surface area contributed by atoms with Crippen LogP contribution in [0.15, 0.2) is 29.4 Å². The van der Waals surface area contributed by atoms with Gasteiger partial charge in [-0.3, -0.25) is 9.59 Å². The molecule has 0 bridgehead atoms. The van der Waals surface area contributed by atoms with Crippen molar-refractivity contribution in [3.8, 4) is 0 Å². The summed E-state index contributed by atoms with van der Waals surface area (Å²) in [5.41, 5.74) is 9.77. The molecule has 1 atom stereocenters. The number of azide groups is 1. The van der Waals surface area contributed by atoms with Crippen LogP contribution in [0, 0.1) is 0 Å². The number of benzene rings is 1. The molecule has 0 saturated carbocycles. The lowest BCUT2D eigenvalue weighted by molar-refractivity contribution is -0.124. The molecular weight excluding hydrogens is 298 g/mol. The number of carbonyl (C=O) groups excluding carboxylic acids is 2. The highest BCUT2D eigenvalue weighted by Gasteiger charge is 2.12. The van der Waals surface area contributed by atoms with Gasteiger partial charge in [0.15, 0.2) is 0 Å². The number of nitrogens with zero attached hydrogens (tertiary/aromatic N) is 3. The molecule has 0 saturated heterocycles. The van der Waals surface area contributed by atoms with Crippen LogP contribution in [-0.4, -0.2) is 29.5 Å². The highest BCUT2D eigenvalue weighted by molar-refractivity contribution is 5.94. The summed E-state index contributed by atoms with van der Waals surface area (Å²) in [6.45, 7) is 1.72. The molecular formula is C15H21N5O3. The van der Waals surface area contributed by atoms with Gasteiger partial charge in [0, 0.05) is 23.1 Å². The Morgan fingerprint density at radius 2 is 2.00 bits per heavy atom. The van der Waals surface area contributed by atoms with E-state index < -0.39 is 0 Å². The van der Waals surface area contributed by atoms with Crippen molar-refractivity contribution in [2.75, 3.05) is 11.9 Å². The van der Waals surface area contributed by atoms with Crippen LogP contribution < -0.4 is 10.6 Å². The molecule has 0 radical (unpaired) electrons. The van der Waals surface area contributed by atoms with Gasteiger partial charge in [0.1, 0.15) is 0 Å². The fraction of sp³-hybridized carbons (Fsp3) is 0.467. The molecule has 0 aliphatic carbocycles. The van der Waals surface area contributed by atoms with Gasteiger partial charge in [-0.25, -0.2) is 0 Å². The summed E-state index contributed by atoms with van der Waals surface area (Å²) in [5, 5.41) is 17.6. The first kappa shape index (κ1) is 18.5. The second kappa shape index (κ2) is 10.2. The Kier molecular flexibility index (Phi) is 8.20. The van der Waals surface area contributed by atoms with Crippen LogP contribution in [-0.2, 0) is 16.2 Å². The predicted molar refractivity (Wildman–Crippen MR) is 86.5 cm³/mol. The lowest BCUT2D eigenvalue weighted by Gasteiger charge is -2.10. The molecule has 124 valence electrons. The molecule has 3 N–H and O–H groups in total. The summed E-state index contributed by atoms with van der Waals surface area (Å²) >= 11 is 0. The van der Waals surface area contributed by atoms with E-state index in [4.69, 9.17) is 10.6 Å². The lowest BCUT2D eigenvalue weighted by Crippen LogP contribution is -2.34. The van der Waals surface area contributed by atoms with Gasteiger partial charge in [-0.05, 0) is 29.6 Å². The van der Waals surface area contributed by atoms with E-state index in [-0.39, 0.29) is 37.4 Å². The molecule has 0 spiro atoms. The van der Waals surface area contributed by atoms with Crippen molar-refractivity contribution in [1.29, 1.82) is 0 Å². The number of nitrogens with one attached hydrogen (secondary N) is 2. The molecule has 1 unspecified atom stereocenters. The smallest absolute Gasteiger partial charge is 0.243 e. The molecule has 1 aromatic rings. The maximum absolute atomic E-state index is 11.8. The Morgan fingerprint density at radius 3 is 2.57 bits per heavy atom. The Morgan fingerprint density at radius 1 is 1.30 bits per heavy atom. The molecule has 0 aromatic heterocycles. The summed E-state index contributed by atoms with van der Waals surface area (Å²) in [6.07, 6.45) is 1.50. The van der Waals surface area contributed by atoms with Gasteiger partial charge in [0.05, 0.1) is 13.2 Å². The Bertz CT molecular complexity index is 567. The zero-order valence-corrected chi connectivity index (χ0v) is 13.0. The largest absolute Gasteiger partial charge is 0.392 e. The summed E-state index contributed by atoms with van der Waals surface area (Å²) in [5.74, 6) is -0.687. The topological polar surface area (TPSA) is 127 Å². The molecule has 0 aliphatic rings. The minimum atomic E-state index is -0.390. The summed E-state index contributed by atoms with van der Waals surface area (Å²) in [6, 6.07) is 6.35. The van der Waals surface area contributed by atoms with Gasteiger partial charge in [0.2, 0.25) is 11.8 Å². The number of hydrogen-bond donors (Lipinski definition) is 3. The summed E-state index contributed by atoms with van der Waals surface area (Å²) < 4.78 is 0. The zero-order valence-electron chi connectivity index (χ0n) is 13.0. The van der Waals surface area contributed by atoms with E-state index in [1.165, 1.54) is 0 Å². The number of aliphatic hydroxyl groups is 1. The normalized spacial score (nSPS) is 11.2. The Hall–Kier alpha value is -2.57. The maximum atomic E-state index is 11.8. The van der Waals surface area contributed by atoms with E-state index in [1.54, 1.807) is 24.3 Å². The average Bonchev–Trinajstić information content (AvgIpc) is 2.54. The van der Waals surface area contributed by atoms with Gasteiger partial charge in [0.25, 0.3) is 0 Å². The van der Waals surface area contributed by atoms with E-state index in [2.05, 4.69) is 20.7 Å². The number of hydrogen-bond acceptors (Lipinski definition) is 4. The van der Waals surface area contributed by atoms with E-state index in [1.807, 2.05) is 6.92 Å². The van der Waals surface area contributed by atoms with Gasteiger partial charge < -0.3 is 15.7 Å². The quantitative estimate of drug-likeness (QED) is 0.366. The standard InChI is InChI=1S/C15H21N5O3/c1-2-3-13(19-20-16)8-14(22)17-9-15(23)18-12-6-4-11(10-21)5-7-12/h4-7,13,21H,2-3,8-10H2,1H3,(H,17,22)(H,18,23). The van der Waals surface area contributed by atoms with Crippen LogP contribution in [0.5, 0.6) is 0 Å². The predicted octanol–water partition coefficient (Wildman–Crippen LogP) is 2.10. The minimum Gasteiger partial charge on any atom is -0.392 e. The number of carbonyl (C=O) groups is 2. The van der Waals surface area contributed by atoms with Crippen LogP contribution in [0.4, 0.5) is 5.69 Å². The number of aliphatic hydroxyl groups excluding tert-OH is 1. The fourth-order valence-electron chi connectivity index (χ4n) is 1.97. The highest BCUT2D eigenvalue weighted by atomic mass is 16.3. The molecule has 8 heteroatoms. The molecule has 8 nitrogen and oxygen atoms in total. The second-order valence-corrected chi connectivity index (χ2v) is 5.03. The van der Waals surface area contributed by atoms with Crippen molar-refractivity contribution < 1.29 is 14.7 Å². The van der Waals surface area contributed by atoms with E-state index in [9.17, 15) is 9.59 Å². The van der Waals surface area contributed by atoms with Crippen LogP contribution in [0.1, 0.15) is 31.7 Å². The number of anilines is 1. The molecule has 0 aliphatic heterocycles. The van der Waals surface area contributed by atoms with Crippen LogP contribution in [0.2, 0.25) is 0 Å². The first-order valence-electron chi connectivity index (χ1n) is 7.39. The van der Waals surface area contributed by atoms with Crippen molar-refractivity contribution in [3.63, 3.8) is 0 Å². The Balaban J connectivity index is 2.39. The molecule has 0 heterocycles. The van der Waals surface area contributed by atoms with E-state index >= 15 is 0 Å². The first-order valence-corrected chi connectivity index (χ1v) is 7.39.